The van der Waals surface area contributed by atoms with Crippen molar-refractivity contribution in [2.45, 2.75) is 32.0 Å². The molecule has 0 spiro atoms. The highest BCUT2D eigenvalue weighted by Crippen LogP contribution is 2.31. The molecule has 0 aliphatic carbocycles. The molecule has 106 valence electrons. The molecule has 0 aromatic heterocycles. The maximum atomic E-state index is 6.37. The molecule has 4 heteroatoms. The minimum atomic E-state index is 0.0609. The third-order valence-corrected chi connectivity index (χ3v) is 4.31. The van der Waals surface area contributed by atoms with Crippen molar-refractivity contribution >= 4 is 11.6 Å². The molecule has 0 saturated carbocycles. The van der Waals surface area contributed by atoms with Gasteiger partial charge in [0.25, 0.3) is 0 Å². The average molecular weight is 282 g/mol. The molecule has 1 saturated heterocycles. The number of likely N-dealkylation sites (N-methyl/N-ethyl adjacent to an activating group) is 1. The monoisotopic (exact) mass is 281 g/mol. The Morgan fingerprint density at radius 2 is 2.00 bits per heavy atom. The van der Waals surface area contributed by atoms with Crippen LogP contribution in [0.2, 0.25) is 5.02 Å². The summed E-state index contributed by atoms with van der Waals surface area (Å²) in [6, 6.07) is 8.80. The van der Waals surface area contributed by atoms with Crippen LogP contribution in [0.1, 0.15) is 25.5 Å². The molecule has 1 aromatic carbocycles. The fourth-order valence-corrected chi connectivity index (χ4v) is 3.29. The van der Waals surface area contributed by atoms with E-state index in [-0.39, 0.29) is 12.1 Å². The summed E-state index contributed by atoms with van der Waals surface area (Å²) in [5, 5.41) is 0.816. The third-order valence-electron chi connectivity index (χ3n) is 3.96. The quantitative estimate of drug-likeness (QED) is 0.923. The van der Waals surface area contributed by atoms with Gasteiger partial charge >= 0.3 is 0 Å². The predicted molar refractivity (Wildman–Crippen MR) is 81.5 cm³/mol. The SMILES string of the molecule is CC(N)C(c1ccccc1Cl)N1CCN(C)CC1C. The minimum Gasteiger partial charge on any atom is -0.326 e. The van der Waals surface area contributed by atoms with E-state index in [1.807, 2.05) is 18.2 Å². The van der Waals surface area contributed by atoms with Gasteiger partial charge in [-0.25, -0.2) is 0 Å². The molecule has 3 nitrogen and oxygen atoms in total. The zero-order chi connectivity index (χ0) is 14.0. The number of halogens is 1. The van der Waals surface area contributed by atoms with Gasteiger partial charge in [0.15, 0.2) is 0 Å². The largest absolute Gasteiger partial charge is 0.326 e. The van der Waals surface area contributed by atoms with Crippen molar-refractivity contribution in [3.05, 3.63) is 34.9 Å². The molecule has 1 aliphatic heterocycles. The van der Waals surface area contributed by atoms with Gasteiger partial charge in [0.2, 0.25) is 0 Å². The Bertz CT molecular complexity index is 422. The highest BCUT2D eigenvalue weighted by Gasteiger charge is 2.32. The number of nitrogens with two attached hydrogens (primary N) is 1. The molecule has 3 atom stereocenters. The topological polar surface area (TPSA) is 32.5 Å². The van der Waals surface area contributed by atoms with Gasteiger partial charge in [-0.05, 0) is 32.5 Å². The van der Waals surface area contributed by atoms with E-state index in [4.69, 9.17) is 17.3 Å². The lowest BCUT2D eigenvalue weighted by Crippen LogP contribution is -2.54. The lowest BCUT2D eigenvalue weighted by molar-refractivity contribution is 0.0522. The summed E-state index contributed by atoms with van der Waals surface area (Å²) >= 11 is 6.37. The molecule has 1 aliphatic rings. The Kier molecular flexibility index (Phi) is 4.85. The van der Waals surface area contributed by atoms with E-state index < -0.39 is 0 Å². The molecule has 1 aromatic rings. The predicted octanol–water partition coefficient (Wildman–Crippen LogP) is 2.36. The van der Waals surface area contributed by atoms with E-state index in [0.29, 0.717) is 6.04 Å². The van der Waals surface area contributed by atoms with Gasteiger partial charge in [-0.15, -0.1) is 0 Å². The first kappa shape index (κ1) is 14.8. The number of hydrogen-bond acceptors (Lipinski definition) is 3. The summed E-state index contributed by atoms with van der Waals surface area (Å²) in [5.41, 5.74) is 7.40. The molecule has 0 radical (unpaired) electrons. The molecule has 3 unspecified atom stereocenters. The summed E-state index contributed by atoms with van der Waals surface area (Å²) < 4.78 is 0. The van der Waals surface area contributed by atoms with Crippen LogP contribution >= 0.6 is 11.6 Å². The second kappa shape index (κ2) is 6.23. The van der Waals surface area contributed by atoms with E-state index in [1.54, 1.807) is 0 Å². The zero-order valence-corrected chi connectivity index (χ0v) is 12.8. The van der Waals surface area contributed by atoms with Crippen molar-refractivity contribution in [1.82, 2.24) is 9.80 Å². The summed E-state index contributed by atoms with van der Waals surface area (Å²) in [6.45, 7) is 7.53. The minimum absolute atomic E-state index is 0.0609. The van der Waals surface area contributed by atoms with Crippen molar-refractivity contribution in [3.8, 4) is 0 Å². The van der Waals surface area contributed by atoms with Crippen LogP contribution < -0.4 is 5.73 Å². The lowest BCUT2D eigenvalue weighted by atomic mass is 9.96. The fourth-order valence-electron chi connectivity index (χ4n) is 3.05. The smallest absolute Gasteiger partial charge is 0.0515 e. The van der Waals surface area contributed by atoms with Crippen molar-refractivity contribution in [1.29, 1.82) is 0 Å². The first-order chi connectivity index (χ1) is 9.00. The van der Waals surface area contributed by atoms with Gasteiger partial charge < -0.3 is 10.6 Å². The molecule has 19 heavy (non-hydrogen) atoms. The third kappa shape index (κ3) is 3.29. The fraction of sp³-hybridized carbons (Fsp3) is 0.600. The molecule has 0 amide bonds. The highest BCUT2D eigenvalue weighted by atomic mass is 35.5. The number of nitrogens with zero attached hydrogens (tertiary/aromatic N) is 2. The second-order valence-electron chi connectivity index (χ2n) is 5.67. The first-order valence-corrected chi connectivity index (χ1v) is 7.32. The van der Waals surface area contributed by atoms with Crippen molar-refractivity contribution < 1.29 is 0 Å². The Morgan fingerprint density at radius 1 is 1.32 bits per heavy atom. The number of hydrogen-bond donors (Lipinski definition) is 1. The molecular weight excluding hydrogens is 258 g/mol. The van der Waals surface area contributed by atoms with E-state index >= 15 is 0 Å². The normalized spacial score (nSPS) is 25.2. The summed E-state index contributed by atoms with van der Waals surface area (Å²) in [7, 11) is 2.17. The Labute approximate surface area is 121 Å². The average Bonchev–Trinajstić information content (AvgIpc) is 2.34. The van der Waals surface area contributed by atoms with E-state index in [2.05, 4.69) is 36.8 Å². The van der Waals surface area contributed by atoms with Gasteiger partial charge in [-0.3, -0.25) is 4.90 Å². The Hall–Kier alpha value is -0.610. The van der Waals surface area contributed by atoms with Crippen molar-refractivity contribution in [2.75, 3.05) is 26.7 Å². The maximum Gasteiger partial charge on any atom is 0.0515 e. The van der Waals surface area contributed by atoms with Crippen LogP contribution in [-0.4, -0.2) is 48.6 Å². The Balaban J connectivity index is 2.28. The van der Waals surface area contributed by atoms with Crippen LogP contribution in [0.4, 0.5) is 0 Å². The molecule has 2 rings (SSSR count). The van der Waals surface area contributed by atoms with E-state index in [0.717, 1.165) is 30.2 Å². The van der Waals surface area contributed by atoms with Gasteiger partial charge in [-0.1, -0.05) is 29.8 Å². The molecule has 1 fully saturated rings. The molecular formula is C15H24ClN3. The maximum absolute atomic E-state index is 6.37. The van der Waals surface area contributed by atoms with Crippen molar-refractivity contribution in [3.63, 3.8) is 0 Å². The lowest BCUT2D eigenvalue weighted by Gasteiger charge is -2.44. The number of benzene rings is 1. The summed E-state index contributed by atoms with van der Waals surface area (Å²) in [6.07, 6.45) is 0. The van der Waals surface area contributed by atoms with Crippen LogP contribution in [0.5, 0.6) is 0 Å². The second-order valence-corrected chi connectivity index (χ2v) is 6.08. The van der Waals surface area contributed by atoms with Gasteiger partial charge in [0, 0.05) is 36.7 Å². The van der Waals surface area contributed by atoms with Crippen LogP contribution in [0, 0.1) is 0 Å². The van der Waals surface area contributed by atoms with Gasteiger partial charge in [-0.2, -0.15) is 0 Å². The summed E-state index contributed by atoms with van der Waals surface area (Å²) in [5.74, 6) is 0. The van der Waals surface area contributed by atoms with Gasteiger partial charge in [0.1, 0.15) is 0 Å². The molecule has 1 heterocycles. The molecule has 2 N–H and O–H groups in total. The van der Waals surface area contributed by atoms with Crippen LogP contribution in [0.25, 0.3) is 0 Å². The van der Waals surface area contributed by atoms with Crippen LogP contribution in [0.3, 0.4) is 0 Å². The number of piperazine rings is 1. The van der Waals surface area contributed by atoms with Crippen LogP contribution in [-0.2, 0) is 0 Å². The molecule has 0 bridgehead atoms. The zero-order valence-electron chi connectivity index (χ0n) is 12.0. The first-order valence-electron chi connectivity index (χ1n) is 6.95. The van der Waals surface area contributed by atoms with Crippen LogP contribution in [0.15, 0.2) is 24.3 Å². The van der Waals surface area contributed by atoms with E-state index in [1.165, 1.54) is 0 Å². The standard InChI is InChI=1S/C15H24ClN3/c1-11-10-18(3)8-9-19(11)15(12(2)17)13-6-4-5-7-14(13)16/h4-7,11-12,15H,8-10,17H2,1-3H3. The highest BCUT2D eigenvalue weighted by molar-refractivity contribution is 6.31. The number of rotatable bonds is 3. The summed E-state index contributed by atoms with van der Waals surface area (Å²) in [4.78, 5) is 4.86. The van der Waals surface area contributed by atoms with Crippen molar-refractivity contribution in [2.24, 2.45) is 5.73 Å². The van der Waals surface area contributed by atoms with E-state index in [9.17, 15) is 0 Å². The Morgan fingerprint density at radius 3 is 2.58 bits per heavy atom. The van der Waals surface area contributed by atoms with Gasteiger partial charge in [0.05, 0.1) is 6.04 Å².